The highest BCUT2D eigenvalue weighted by atomic mass is 16.6. The van der Waals surface area contributed by atoms with Gasteiger partial charge in [-0.05, 0) is 20.8 Å². The molecule has 0 aromatic carbocycles. The second-order valence-corrected chi connectivity index (χ2v) is 4.56. The van der Waals surface area contributed by atoms with Crippen LogP contribution in [0.15, 0.2) is 24.3 Å². The molecule has 6 heteroatoms. The predicted molar refractivity (Wildman–Crippen MR) is 73.0 cm³/mol. The van der Waals surface area contributed by atoms with Crippen molar-refractivity contribution in [3.63, 3.8) is 0 Å². The first-order valence-electron chi connectivity index (χ1n) is 6.19. The van der Waals surface area contributed by atoms with Crippen molar-refractivity contribution in [2.24, 2.45) is 0 Å². The molecule has 2 atom stereocenters. The van der Waals surface area contributed by atoms with E-state index in [1.807, 2.05) is 0 Å². The topological polar surface area (TPSA) is 85.4 Å². The molecule has 20 heavy (non-hydrogen) atoms. The van der Waals surface area contributed by atoms with Crippen molar-refractivity contribution in [1.82, 2.24) is 0 Å². The summed E-state index contributed by atoms with van der Waals surface area (Å²) in [6.45, 7) is 12.7. The Labute approximate surface area is 119 Å². The van der Waals surface area contributed by atoms with Crippen molar-refractivity contribution < 1.29 is 28.9 Å². The maximum absolute atomic E-state index is 10.7. The third kappa shape index (κ3) is 10.3. The van der Waals surface area contributed by atoms with E-state index in [0.29, 0.717) is 24.4 Å². The summed E-state index contributed by atoms with van der Waals surface area (Å²) in [5.41, 5.74) is 0.779. The number of carbonyl (C=O) groups excluding carboxylic acids is 2. The molecular formula is C14H22O6. The highest BCUT2D eigenvalue weighted by molar-refractivity contribution is 5.87. The Morgan fingerprint density at radius 1 is 1.25 bits per heavy atom. The maximum Gasteiger partial charge on any atom is 0.333 e. The molecule has 1 N–H and O–H groups in total. The number of esters is 2. The molecule has 1 heterocycles. The zero-order valence-electron chi connectivity index (χ0n) is 12.2. The minimum Gasteiger partial charge on any atom is -0.460 e. The largest absolute Gasteiger partial charge is 0.460 e. The molecule has 0 amide bonds. The number of hydrogen-bond acceptors (Lipinski definition) is 6. The summed E-state index contributed by atoms with van der Waals surface area (Å²) in [5, 5.41) is 8.68. The fraction of sp³-hybridized carbons (Fsp3) is 0.571. The monoisotopic (exact) mass is 286 g/mol. The Morgan fingerprint density at radius 2 is 1.70 bits per heavy atom. The molecule has 0 bridgehead atoms. The summed E-state index contributed by atoms with van der Waals surface area (Å²) >= 11 is 0. The number of ether oxygens (including phenoxy) is 3. The molecule has 0 saturated carbocycles. The Balaban J connectivity index is 0.000000361. The smallest absolute Gasteiger partial charge is 0.333 e. The van der Waals surface area contributed by atoms with Gasteiger partial charge in [-0.2, -0.15) is 0 Å². The third-order valence-electron chi connectivity index (χ3n) is 1.96. The van der Waals surface area contributed by atoms with Crippen LogP contribution in [-0.4, -0.2) is 49.1 Å². The lowest BCUT2D eigenvalue weighted by atomic mass is 10.3. The molecule has 6 nitrogen and oxygen atoms in total. The molecule has 0 spiro atoms. The number of epoxide rings is 1. The van der Waals surface area contributed by atoms with Gasteiger partial charge >= 0.3 is 11.9 Å². The summed E-state index contributed by atoms with van der Waals surface area (Å²) in [6, 6.07) is 0. The van der Waals surface area contributed by atoms with Gasteiger partial charge in [0, 0.05) is 11.1 Å². The normalized spacial score (nSPS) is 17.1. The lowest BCUT2D eigenvalue weighted by Gasteiger charge is -2.04. The van der Waals surface area contributed by atoms with Gasteiger partial charge in [0.1, 0.15) is 19.3 Å². The summed E-state index contributed by atoms with van der Waals surface area (Å²) in [4.78, 5) is 21.3. The van der Waals surface area contributed by atoms with Crippen LogP contribution in [0.2, 0.25) is 0 Å². The van der Waals surface area contributed by atoms with E-state index in [1.165, 1.54) is 0 Å². The third-order valence-corrected chi connectivity index (χ3v) is 1.96. The Hall–Kier alpha value is -1.66. The summed E-state index contributed by atoms with van der Waals surface area (Å²) in [5.74, 6) is -0.795. The molecule has 1 fully saturated rings. The van der Waals surface area contributed by atoms with E-state index in [-0.39, 0.29) is 18.7 Å². The fourth-order valence-electron chi connectivity index (χ4n) is 0.776. The van der Waals surface area contributed by atoms with Crippen molar-refractivity contribution in [1.29, 1.82) is 0 Å². The molecule has 0 aromatic heterocycles. The highest BCUT2D eigenvalue weighted by Gasteiger charge is 2.24. The lowest BCUT2D eigenvalue weighted by molar-refractivity contribution is -0.141. The van der Waals surface area contributed by atoms with E-state index in [4.69, 9.17) is 14.6 Å². The van der Waals surface area contributed by atoms with Crippen LogP contribution in [0.4, 0.5) is 0 Å². The standard InChI is InChI=1S/C7H10O3.C7H12O3/c1-5(2)7(8)10-4-6-3-9-6;1-5(2)7(9)10-4-6(3)8/h6H,1,3-4H2,2H3;6,8H,1,4H2,2-3H3. The minimum atomic E-state index is -0.608. The van der Waals surface area contributed by atoms with E-state index in [9.17, 15) is 9.59 Å². The van der Waals surface area contributed by atoms with Gasteiger partial charge in [-0.25, -0.2) is 9.59 Å². The fourth-order valence-corrected chi connectivity index (χ4v) is 0.776. The van der Waals surface area contributed by atoms with E-state index in [2.05, 4.69) is 17.9 Å². The van der Waals surface area contributed by atoms with E-state index in [0.717, 1.165) is 0 Å². The van der Waals surface area contributed by atoms with Gasteiger partial charge in [-0.3, -0.25) is 0 Å². The number of hydrogen-bond donors (Lipinski definition) is 1. The Kier molecular flexibility index (Phi) is 8.51. The van der Waals surface area contributed by atoms with Gasteiger partial charge in [0.05, 0.1) is 12.7 Å². The van der Waals surface area contributed by atoms with Crippen LogP contribution in [-0.2, 0) is 23.8 Å². The molecule has 1 saturated heterocycles. The molecular weight excluding hydrogens is 264 g/mol. The number of aliphatic hydroxyl groups excluding tert-OH is 1. The second-order valence-electron chi connectivity index (χ2n) is 4.56. The van der Waals surface area contributed by atoms with Crippen molar-refractivity contribution in [3.8, 4) is 0 Å². The van der Waals surface area contributed by atoms with E-state index >= 15 is 0 Å². The van der Waals surface area contributed by atoms with Crippen molar-refractivity contribution in [2.75, 3.05) is 19.8 Å². The molecule has 0 radical (unpaired) electrons. The first kappa shape index (κ1) is 18.3. The summed E-state index contributed by atoms with van der Waals surface area (Å²) < 4.78 is 14.2. The summed E-state index contributed by atoms with van der Waals surface area (Å²) in [7, 11) is 0. The van der Waals surface area contributed by atoms with Gasteiger partial charge in [0.25, 0.3) is 0 Å². The minimum absolute atomic E-state index is 0.0334. The molecule has 1 rings (SSSR count). The van der Waals surface area contributed by atoms with Crippen molar-refractivity contribution in [2.45, 2.75) is 33.0 Å². The molecule has 0 aliphatic carbocycles. The van der Waals surface area contributed by atoms with Gasteiger partial charge < -0.3 is 19.3 Å². The van der Waals surface area contributed by atoms with Gasteiger partial charge in [-0.15, -0.1) is 0 Å². The molecule has 1 aliphatic heterocycles. The predicted octanol–water partition coefficient (Wildman–Crippen LogP) is 0.991. The molecule has 0 aromatic rings. The Morgan fingerprint density at radius 3 is 2.05 bits per heavy atom. The first-order valence-corrected chi connectivity index (χ1v) is 6.19. The average Bonchev–Trinajstić information content (AvgIpc) is 3.17. The molecule has 1 aliphatic rings. The quantitative estimate of drug-likeness (QED) is 0.445. The lowest BCUT2D eigenvalue weighted by Crippen LogP contribution is -2.15. The number of rotatable bonds is 6. The maximum atomic E-state index is 10.7. The number of aliphatic hydroxyl groups is 1. The average molecular weight is 286 g/mol. The molecule has 2 unspecified atom stereocenters. The van der Waals surface area contributed by atoms with Crippen LogP contribution >= 0.6 is 0 Å². The Bertz CT molecular complexity index is 340. The zero-order chi connectivity index (χ0) is 15.7. The van der Waals surface area contributed by atoms with Crippen LogP contribution in [0.25, 0.3) is 0 Å². The van der Waals surface area contributed by atoms with Gasteiger partial charge in [0.15, 0.2) is 0 Å². The highest BCUT2D eigenvalue weighted by Crippen LogP contribution is 2.09. The van der Waals surface area contributed by atoms with Gasteiger partial charge in [0.2, 0.25) is 0 Å². The van der Waals surface area contributed by atoms with Gasteiger partial charge in [-0.1, -0.05) is 13.2 Å². The number of carbonyl (C=O) groups is 2. The van der Waals surface area contributed by atoms with Crippen molar-refractivity contribution in [3.05, 3.63) is 24.3 Å². The second kappa shape index (κ2) is 9.28. The molecule has 114 valence electrons. The van der Waals surface area contributed by atoms with Crippen LogP contribution in [0.3, 0.4) is 0 Å². The van der Waals surface area contributed by atoms with Crippen molar-refractivity contribution >= 4 is 11.9 Å². The van der Waals surface area contributed by atoms with Crippen LogP contribution in [0, 0.1) is 0 Å². The SMILES string of the molecule is C=C(C)C(=O)OCC(C)O.C=C(C)C(=O)OCC1CO1. The van der Waals surface area contributed by atoms with E-state index in [1.54, 1.807) is 20.8 Å². The summed E-state index contributed by atoms with van der Waals surface area (Å²) in [6.07, 6.45) is -0.466. The van der Waals surface area contributed by atoms with E-state index < -0.39 is 12.1 Å². The van der Waals surface area contributed by atoms with Crippen LogP contribution in [0.1, 0.15) is 20.8 Å². The van der Waals surface area contributed by atoms with Crippen LogP contribution < -0.4 is 0 Å². The van der Waals surface area contributed by atoms with Crippen LogP contribution in [0.5, 0.6) is 0 Å². The zero-order valence-corrected chi connectivity index (χ0v) is 12.2. The first-order chi connectivity index (χ1) is 9.23.